The molecule has 176 valence electrons. The van der Waals surface area contributed by atoms with Gasteiger partial charge in [0, 0.05) is 53.4 Å². The highest BCUT2D eigenvalue weighted by Gasteiger charge is 2.18. The molecule has 0 fully saturated rings. The summed E-state index contributed by atoms with van der Waals surface area (Å²) in [7, 11) is -3.95. The third-order valence-electron chi connectivity index (χ3n) is 6.03. The topological polar surface area (TPSA) is 114 Å². The molecule has 36 heavy (non-hydrogen) atoms. The van der Waals surface area contributed by atoms with Crippen LogP contribution in [0.15, 0.2) is 96.5 Å². The van der Waals surface area contributed by atoms with Crippen LogP contribution in [0.2, 0.25) is 0 Å². The van der Waals surface area contributed by atoms with Crippen LogP contribution < -0.4 is 10.0 Å². The first kappa shape index (κ1) is 21.9. The van der Waals surface area contributed by atoms with E-state index in [1.54, 1.807) is 43.0 Å². The van der Waals surface area contributed by atoms with Crippen LogP contribution in [-0.4, -0.2) is 29.3 Å². The Bertz CT molecular complexity index is 1770. The largest absolute Gasteiger partial charge is 0.348 e. The first-order valence-electron chi connectivity index (χ1n) is 11.2. The number of carbonyl (C=O) groups is 1. The van der Waals surface area contributed by atoms with Gasteiger partial charge in [-0.1, -0.05) is 12.1 Å². The van der Waals surface area contributed by atoms with Crippen molar-refractivity contribution in [1.82, 2.24) is 20.3 Å². The molecule has 3 aromatic heterocycles. The van der Waals surface area contributed by atoms with Gasteiger partial charge in [-0.25, -0.2) is 8.42 Å². The molecule has 0 spiro atoms. The van der Waals surface area contributed by atoms with Gasteiger partial charge >= 0.3 is 0 Å². The fourth-order valence-corrected chi connectivity index (χ4v) is 5.35. The van der Waals surface area contributed by atoms with Gasteiger partial charge in [0.05, 0.1) is 22.3 Å². The summed E-state index contributed by atoms with van der Waals surface area (Å²) in [6, 6.07) is 17.4. The number of amides is 1. The number of carbonyl (C=O) groups excluding carboxylic acids is 1. The fraction of sp³-hybridized carbons (Fsp3) is 0.0370. The van der Waals surface area contributed by atoms with Crippen LogP contribution in [0.25, 0.3) is 33.2 Å². The first-order chi connectivity index (χ1) is 17.5. The molecule has 8 nitrogen and oxygen atoms in total. The lowest BCUT2D eigenvalue weighted by Crippen LogP contribution is -2.23. The van der Waals surface area contributed by atoms with E-state index in [0.717, 1.165) is 38.7 Å². The Balaban J connectivity index is 1.57. The lowest BCUT2D eigenvalue weighted by Gasteiger charge is -2.13. The zero-order chi connectivity index (χ0) is 24.7. The molecule has 5 aromatic rings. The van der Waals surface area contributed by atoms with Crippen molar-refractivity contribution in [3.63, 3.8) is 0 Å². The van der Waals surface area contributed by atoms with Gasteiger partial charge in [0.25, 0.3) is 15.9 Å². The van der Waals surface area contributed by atoms with Gasteiger partial charge < -0.3 is 5.32 Å². The summed E-state index contributed by atoms with van der Waals surface area (Å²) in [5.41, 5.74) is 5.62. The van der Waals surface area contributed by atoms with Crippen LogP contribution in [0.3, 0.4) is 0 Å². The summed E-state index contributed by atoms with van der Waals surface area (Å²) < 4.78 is 28.8. The lowest BCUT2D eigenvalue weighted by molar-refractivity contribution is 0.0950. The average molecular weight is 494 g/mol. The molecule has 8 bridgehead atoms. The fourth-order valence-electron chi connectivity index (χ4n) is 4.27. The molecule has 4 heterocycles. The molecule has 2 N–H and O–H groups in total. The minimum absolute atomic E-state index is 0.0215. The van der Waals surface area contributed by atoms with E-state index in [2.05, 4.69) is 25.0 Å². The minimum Gasteiger partial charge on any atom is -0.348 e. The molecule has 1 aliphatic rings. The van der Waals surface area contributed by atoms with Gasteiger partial charge in [-0.15, -0.1) is 0 Å². The van der Waals surface area contributed by atoms with Gasteiger partial charge in [0.2, 0.25) is 0 Å². The Morgan fingerprint density at radius 3 is 2.56 bits per heavy atom. The Morgan fingerprint density at radius 2 is 1.64 bits per heavy atom. The van der Waals surface area contributed by atoms with Crippen LogP contribution in [0.5, 0.6) is 0 Å². The highest BCUT2D eigenvalue weighted by molar-refractivity contribution is 7.92. The summed E-state index contributed by atoms with van der Waals surface area (Å²) in [6.45, 7) is 0.236. The van der Waals surface area contributed by atoms with E-state index in [1.165, 1.54) is 18.3 Å². The number of aromatic nitrogens is 3. The summed E-state index contributed by atoms with van der Waals surface area (Å²) in [5.74, 6) is -0.388. The lowest BCUT2D eigenvalue weighted by atomic mass is 9.98. The number of nitrogens with one attached hydrogen (secondary N) is 2. The Hall–Kier alpha value is -4.63. The van der Waals surface area contributed by atoms with Gasteiger partial charge in [0.1, 0.15) is 0 Å². The molecule has 0 aliphatic carbocycles. The van der Waals surface area contributed by atoms with Crippen molar-refractivity contribution in [2.45, 2.75) is 11.4 Å². The minimum atomic E-state index is -3.95. The number of nitrogens with zero attached hydrogens (tertiary/aromatic N) is 3. The highest BCUT2D eigenvalue weighted by Crippen LogP contribution is 2.32. The van der Waals surface area contributed by atoms with Gasteiger partial charge in [-0.05, 0) is 65.2 Å². The predicted octanol–water partition coefficient (Wildman–Crippen LogP) is 4.40. The van der Waals surface area contributed by atoms with E-state index < -0.39 is 10.0 Å². The van der Waals surface area contributed by atoms with E-state index in [1.807, 2.05) is 30.3 Å². The molecule has 6 rings (SSSR count). The number of fused-ring (bicyclic) bond motifs is 9. The van der Waals surface area contributed by atoms with E-state index >= 15 is 0 Å². The van der Waals surface area contributed by atoms with Gasteiger partial charge in [-0.3, -0.25) is 24.5 Å². The number of hydrogen-bond acceptors (Lipinski definition) is 6. The second-order valence-corrected chi connectivity index (χ2v) is 10.1. The van der Waals surface area contributed by atoms with Crippen molar-refractivity contribution in [2.24, 2.45) is 0 Å². The third-order valence-corrected chi connectivity index (χ3v) is 7.41. The third kappa shape index (κ3) is 4.05. The molecule has 0 unspecified atom stereocenters. The van der Waals surface area contributed by atoms with Gasteiger partial charge in [0.15, 0.2) is 0 Å². The van der Waals surface area contributed by atoms with Crippen LogP contribution >= 0.6 is 0 Å². The number of benzene rings is 2. The van der Waals surface area contributed by atoms with Crippen LogP contribution in [-0.2, 0) is 16.6 Å². The van der Waals surface area contributed by atoms with Crippen LogP contribution in [0.1, 0.15) is 15.9 Å². The van der Waals surface area contributed by atoms with Gasteiger partial charge in [-0.2, -0.15) is 0 Å². The van der Waals surface area contributed by atoms with E-state index in [9.17, 15) is 13.2 Å². The number of hydrogen-bond donors (Lipinski definition) is 2. The predicted molar refractivity (Wildman–Crippen MR) is 137 cm³/mol. The molecule has 0 saturated heterocycles. The Morgan fingerprint density at radius 1 is 0.778 bits per heavy atom. The van der Waals surface area contributed by atoms with Crippen LogP contribution in [0, 0.1) is 0 Å². The molecular formula is C27H19N5O3S. The summed E-state index contributed by atoms with van der Waals surface area (Å²) >= 11 is 0. The maximum absolute atomic E-state index is 13.1. The van der Waals surface area contributed by atoms with Crippen molar-refractivity contribution < 1.29 is 13.2 Å². The summed E-state index contributed by atoms with van der Waals surface area (Å²) in [6.07, 6.45) is 8.35. The monoisotopic (exact) mass is 493 g/mol. The zero-order valence-corrected chi connectivity index (χ0v) is 19.7. The number of rotatable bonds is 0. The first-order valence-corrected chi connectivity index (χ1v) is 12.6. The summed E-state index contributed by atoms with van der Waals surface area (Å²) in [4.78, 5) is 25.9. The standard InChI is InChI=1S/C27H19N5O3S/c33-27-19-2-1-3-23(10-19)36(34,35)32-22-9-20(14-29-16-22)18-4-5-26-25(11-18)24(6-7-30-26)21-8-17(13-31-27)12-28-15-21/h1-12,14-16,32H,13H2,(H,31,33). The Labute approximate surface area is 207 Å². The van der Waals surface area contributed by atoms with E-state index in [0.29, 0.717) is 5.69 Å². The Kier molecular flexibility index (Phi) is 5.19. The maximum atomic E-state index is 13.1. The number of pyridine rings is 3. The number of anilines is 1. The van der Waals surface area contributed by atoms with E-state index in [-0.39, 0.29) is 22.9 Å². The molecule has 1 amide bonds. The summed E-state index contributed by atoms with van der Waals surface area (Å²) in [5, 5.41) is 3.77. The molecule has 2 aromatic carbocycles. The zero-order valence-electron chi connectivity index (χ0n) is 18.8. The highest BCUT2D eigenvalue weighted by atomic mass is 32.2. The van der Waals surface area contributed by atoms with Crippen molar-refractivity contribution in [1.29, 1.82) is 0 Å². The SMILES string of the molecule is O=C1NCc2cncc(c2)-c2ccnc3ccc(cc23)-c2cncc(c2)NS(=O)(=O)c2cccc1c2. The molecular weight excluding hydrogens is 474 g/mol. The van der Waals surface area contributed by atoms with Crippen molar-refractivity contribution in [2.75, 3.05) is 4.72 Å². The molecule has 9 heteroatoms. The molecule has 1 aliphatic heterocycles. The smallest absolute Gasteiger partial charge is 0.261 e. The van der Waals surface area contributed by atoms with Crippen LogP contribution in [0.4, 0.5) is 5.69 Å². The van der Waals surface area contributed by atoms with E-state index in [4.69, 9.17) is 0 Å². The van der Waals surface area contributed by atoms with Crippen molar-refractivity contribution >= 4 is 32.5 Å². The average Bonchev–Trinajstić information content (AvgIpc) is 2.91. The molecule has 0 saturated carbocycles. The maximum Gasteiger partial charge on any atom is 0.261 e. The number of sulfonamides is 1. The normalized spacial score (nSPS) is 14.4. The van der Waals surface area contributed by atoms with Crippen molar-refractivity contribution in [3.8, 4) is 22.3 Å². The molecule has 0 radical (unpaired) electrons. The second-order valence-electron chi connectivity index (χ2n) is 8.45. The quantitative estimate of drug-likeness (QED) is 0.330. The second kappa shape index (κ2) is 8.54. The molecule has 0 atom stereocenters. The van der Waals surface area contributed by atoms with Crippen molar-refractivity contribution in [3.05, 3.63) is 103 Å².